The number of oxazole rings is 1. The van der Waals surface area contributed by atoms with Crippen molar-refractivity contribution in [2.45, 2.75) is 26.2 Å². The number of aliphatic carboxylic acids is 1. The number of carbonyl (C=O) groups excluding carboxylic acids is 1. The number of nitrogens with zero attached hydrogens (tertiary/aromatic N) is 1. The first-order chi connectivity index (χ1) is 12.6. The molecule has 1 heterocycles. The third kappa shape index (κ3) is 3.88. The Kier molecular flexibility index (Phi) is 5.27. The summed E-state index contributed by atoms with van der Waals surface area (Å²) < 4.78 is 5.84. The van der Waals surface area contributed by atoms with Crippen molar-refractivity contribution >= 4 is 17.3 Å². The first-order valence-electron chi connectivity index (χ1n) is 8.41. The van der Waals surface area contributed by atoms with Gasteiger partial charge in [-0.3, -0.25) is 9.59 Å². The van der Waals surface area contributed by atoms with Crippen LogP contribution in [0.25, 0.3) is 16.9 Å². The minimum Gasteiger partial charge on any atom is -0.481 e. The Balaban J connectivity index is 2.04. The predicted octanol–water partition coefficient (Wildman–Crippen LogP) is 4.60. The summed E-state index contributed by atoms with van der Waals surface area (Å²) in [5, 5.41) is 8.84. The van der Waals surface area contributed by atoms with Gasteiger partial charge >= 0.3 is 5.97 Å². The molecule has 1 aliphatic rings. The Morgan fingerprint density at radius 3 is 2.77 bits per heavy atom. The van der Waals surface area contributed by atoms with Crippen molar-refractivity contribution in [3.8, 4) is 11.3 Å². The van der Waals surface area contributed by atoms with Gasteiger partial charge in [-0.15, -0.1) is 0 Å². The molecule has 3 rings (SSSR count). The Labute approximate surface area is 151 Å². The van der Waals surface area contributed by atoms with E-state index in [0.717, 1.165) is 5.57 Å². The lowest BCUT2D eigenvalue weighted by molar-refractivity contribution is -0.136. The summed E-state index contributed by atoms with van der Waals surface area (Å²) in [5.74, 6) is -0.163. The van der Waals surface area contributed by atoms with Gasteiger partial charge in [0.05, 0.1) is 6.42 Å². The lowest BCUT2D eigenvalue weighted by Gasteiger charge is -2.08. The number of aryl methyl sites for hydroxylation is 1. The molecular formula is C21H19NO4. The van der Waals surface area contributed by atoms with Gasteiger partial charge in [0.1, 0.15) is 5.69 Å². The molecule has 132 valence electrons. The highest BCUT2D eigenvalue weighted by Gasteiger charge is 2.21. The van der Waals surface area contributed by atoms with Crippen molar-refractivity contribution in [1.82, 2.24) is 4.98 Å². The standard InChI is InChI=1S/C21H19NO4/c1-14-22-20(15-8-4-2-3-5-9-15)21(26-14)17-11-7-6-10-16(17)18(23)12-13-19(24)25/h2-8,10-11H,9,12-13H2,1H3,(H,24,25). The molecule has 5 heteroatoms. The normalized spacial score (nSPS) is 13.3. The van der Waals surface area contributed by atoms with Gasteiger partial charge in [0.15, 0.2) is 17.4 Å². The summed E-state index contributed by atoms with van der Waals surface area (Å²) >= 11 is 0. The Morgan fingerprint density at radius 1 is 1.15 bits per heavy atom. The van der Waals surface area contributed by atoms with E-state index in [2.05, 4.69) is 4.98 Å². The maximum Gasteiger partial charge on any atom is 0.303 e. The first kappa shape index (κ1) is 17.6. The van der Waals surface area contributed by atoms with Crippen LogP contribution in [0.3, 0.4) is 0 Å². The molecule has 0 radical (unpaired) electrons. The van der Waals surface area contributed by atoms with Crippen LogP contribution < -0.4 is 0 Å². The SMILES string of the molecule is Cc1nc(C2=CC=CC=CC2)c(-c2ccccc2C(=O)CCC(=O)O)o1. The third-order valence-electron chi connectivity index (χ3n) is 4.07. The van der Waals surface area contributed by atoms with Crippen molar-refractivity contribution in [2.24, 2.45) is 0 Å². The second kappa shape index (κ2) is 7.78. The lowest BCUT2D eigenvalue weighted by Crippen LogP contribution is -2.05. The third-order valence-corrected chi connectivity index (χ3v) is 4.07. The number of benzene rings is 1. The largest absolute Gasteiger partial charge is 0.481 e. The van der Waals surface area contributed by atoms with Gasteiger partial charge in [-0.1, -0.05) is 54.6 Å². The Bertz CT molecular complexity index is 931. The van der Waals surface area contributed by atoms with Gasteiger partial charge < -0.3 is 9.52 Å². The van der Waals surface area contributed by atoms with Crippen molar-refractivity contribution in [1.29, 1.82) is 0 Å². The maximum atomic E-state index is 12.5. The number of carbonyl (C=O) groups is 2. The van der Waals surface area contributed by atoms with Crippen LogP contribution in [0, 0.1) is 6.92 Å². The fourth-order valence-electron chi connectivity index (χ4n) is 2.86. The number of Topliss-reactive ketones (excluding diaryl/α,β-unsaturated/α-hetero) is 1. The number of ketones is 1. The van der Waals surface area contributed by atoms with Gasteiger partial charge in [0.2, 0.25) is 0 Å². The zero-order chi connectivity index (χ0) is 18.5. The van der Waals surface area contributed by atoms with Gasteiger partial charge in [-0.05, 0) is 12.0 Å². The minimum absolute atomic E-state index is 0.0526. The van der Waals surface area contributed by atoms with E-state index in [-0.39, 0.29) is 18.6 Å². The summed E-state index contributed by atoms with van der Waals surface area (Å²) in [7, 11) is 0. The molecule has 0 amide bonds. The van der Waals surface area contributed by atoms with Gasteiger partial charge in [0, 0.05) is 24.5 Å². The lowest BCUT2D eigenvalue weighted by atomic mass is 9.96. The van der Waals surface area contributed by atoms with Crippen LogP contribution >= 0.6 is 0 Å². The molecule has 0 bridgehead atoms. The van der Waals surface area contributed by atoms with Crippen LogP contribution in [0.2, 0.25) is 0 Å². The van der Waals surface area contributed by atoms with Crippen LogP contribution in [0.15, 0.2) is 59.1 Å². The Morgan fingerprint density at radius 2 is 1.96 bits per heavy atom. The number of hydrogen-bond acceptors (Lipinski definition) is 4. The highest BCUT2D eigenvalue weighted by molar-refractivity contribution is 6.03. The molecule has 0 atom stereocenters. The topological polar surface area (TPSA) is 80.4 Å². The zero-order valence-corrected chi connectivity index (χ0v) is 14.4. The molecular weight excluding hydrogens is 330 g/mol. The smallest absolute Gasteiger partial charge is 0.303 e. The first-order valence-corrected chi connectivity index (χ1v) is 8.41. The van der Waals surface area contributed by atoms with Crippen LogP contribution in [0.5, 0.6) is 0 Å². The van der Waals surface area contributed by atoms with Crippen LogP contribution in [-0.2, 0) is 4.79 Å². The van der Waals surface area contributed by atoms with Gasteiger partial charge in [0.25, 0.3) is 0 Å². The Hall–Kier alpha value is -3.21. The summed E-state index contributed by atoms with van der Waals surface area (Å²) in [6.07, 6.45) is 10.3. The van der Waals surface area contributed by atoms with Crippen molar-refractivity contribution in [2.75, 3.05) is 0 Å². The zero-order valence-electron chi connectivity index (χ0n) is 14.4. The van der Waals surface area contributed by atoms with E-state index in [4.69, 9.17) is 9.52 Å². The predicted molar refractivity (Wildman–Crippen MR) is 98.8 cm³/mol. The number of aromatic nitrogens is 1. The quantitative estimate of drug-likeness (QED) is 0.771. The molecule has 0 spiro atoms. The van der Waals surface area contributed by atoms with E-state index in [0.29, 0.717) is 34.9 Å². The molecule has 0 aliphatic heterocycles. The number of hydrogen-bond donors (Lipinski definition) is 1. The highest BCUT2D eigenvalue weighted by atomic mass is 16.4. The van der Waals surface area contributed by atoms with E-state index < -0.39 is 5.97 Å². The van der Waals surface area contributed by atoms with E-state index >= 15 is 0 Å². The number of carboxylic acid groups (broad SMARTS) is 1. The van der Waals surface area contributed by atoms with Crippen LogP contribution in [0.4, 0.5) is 0 Å². The number of allylic oxidation sites excluding steroid dienone is 6. The summed E-state index contributed by atoms with van der Waals surface area (Å²) in [4.78, 5) is 27.8. The molecule has 1 N–H and O–H groups in total. The fraction of sp³-hybridized carbons (Fsp3) is 0.190. The van der Waals surface area contributed by atoms with Gasteiger partial charge in [-0.25, -0.2) is 4.98 Å². The molecule has 0 fully saturated rings. The van der Waals surface area contributed by atoms with Crippen molar-refractivity contribution < 1.29 is 19.1 Å². The average Bonchev–Trinajstić information content (AvgIpc) is 2.84. The van der Waals surface area contributed by atoms with E-state index in [1.807, 2.05) is 36.4 Å². The second-order valence-electron chi connectivity index (χ2n) is 5.98. The van der Waals surface area contributed by atoms with Gasteiger partial charge in [-0.2, -0.15) is 0 Å². The molecule has 26 heavy (non-hydrogen) atoms. The number of carboxylic acids is 1. The monoisotopic (exact) mass is 349 g/mol. The summed E-state index contributed by atoms with van der Waals surface area (Å²) in [6.45, 7) is 1.77. The van der Waals surface area contributed by atoms with E-state index in [9.17, 15) is 9.59 Å². The fourth-order valence-corrected chi connectivity index (χ4v) is 2.86. The summed E-state index contributed by atoms with van der Waals surface area (Å²) in [5.41, 5.74) is 2.79. The van der Waals surface area contributed by atoms with Crippen molar-refractivity contribution in [3.05, 3.63) is 71.8 Å². The molecule has 1 aliphatic carbocycles. The van der Waals surface area contributed by atoms with E-state index in [1.165, 1.54) is 0 Å². The number of rotatable bonds is 6. The molecule has 5 nitrogen and oxygen atoms in total. The van der Waals surface area contributed by atoms with Crippen LogP contribution in [-0.4, -0.2) is 21.8 Å². The minimum atomic E-state index is -0.991. The summed E-state index contributed by atoms with van der Waals surface area (Å²) in [6, 6.07) is 7.09. The molecule has 1 aromatic carbocycles. The molecule has 0 unspecified atom stereocenters. The molecule has 2 aromatic rings. The van der Waals surface area contributed by atoms with Crippen molar-refractivity contribution in [3.63, 3.8) is 0 Å². The van der Waals surface area contributed by atoms with E-state index in [1.54, 1.807) is 25.1 Å². The molecule has 0 saturated heterocycles. The molecule has 1 aromatic heterocycles. The van der Waals surface area contributed by atoms with Crippen LogP contribution in [0.1, 0.15) is 41.2 Å². The second-order valence-corrected chi connectivity index (χ2v) is 5.98. The maximum absolute atomic E-state index is 12.5. The average molecular weight is 349 g/mol. The molecule has 0 saturated carbocycles. The highest BCUT2D eigenvalue weighted by Crippen LogP contribution is 2.34.